The van der Waals surface area contributed by atoms with Gasteiger partial charge in [0.2, 0.25) is 0 Å². The van der Waals surface area contributed by atoms with Crippen molar-refractivity contribution in [2.75, 3.05) is 0 Å². The van der Waals surface area contributed by atoms with Gasteiger partial charge in [-0.25, -0.2) is 8.42 Å². The van der Waals surface area contributed by atoms with Crippen LogP contribution >= 0.6 is 0 Å². The Hall–Kier alpha value is -0.830. The van der Waals surface area contributed by atoms with Crippen molar-refractivity contribution in [1.82, 2.24) is 0 Å². The molecule has 0 aliphatic carbocycles. The Kier molecular flexibility index (Phi) is 4.05. The fraction of sp³-hybridized carbons (Fsp3) is 0.625. The molecule has 0 aromatic heterocycles. The number of rotatable bonds is 3. The zero-order valence-electron chi connectivity index (χ0n) is 13.8. The molecule has 19 heavy (non-hydrogen) atoms. The minimum atomic E-state index is -3.66. The van der Waals surface area contributed by atoms with Crippen molar-refractivity contribution in [2.24, 2.45) is 5.41 Å². The van der Waals surface area contributed by atoms with E-state index in [4.69, 9.17) is 1.37 Å². The van der Waals surface area contributed by atoms with Gasteiger partial charge in [-0.15, -0.1) is 0 Å². The van der Waals surface area contributed by atoms with Crippen molar-refractivity contribution in [3.63, 3.8) is 0 Å². The maximum absolute atomic E-state index is 13.0. The molecular formula is C16H26O2S. The van der Waals surface area contributed by atoms with Crippen molar-refractivity contribution in [1.29, 1.82) is 0 Å². The van der Waals surface area contributed by atoms with Crippen LogP contribution in [0.2, 0.25) is 0 Å². The van der Waals surface area contributed by atoms with Crippen LogP contribution in [0.15, 0.2) is 30.3 Å². The molecular weight excluding hydrogens is 256 g/mol. The molecule has 0 aliphatic rings. The van der Waals surface area contributed by atoms with E-state index in [1.165, 1.54) is 0 Å². The lowest BCUT2D eigenvalue weighted by atomic mass is 9.88. The van der Waals surface area contributed by atoms with Gasteiger partial charge in [0.05, 0.1) is 11.3 Å². The van der Waals surface area contributed by atoms with Crippen LogP contribution in [0.3, 0.4) is 0 Å². The molecule has 1 aromatic rings. The molecule has 0 radical (unpaired) electrons. The first kappa shape index (κ1) is 14.6. The fourth-order valence-electron chi connectivity index (χ4n) is 1.83. The van der Waals surface area contributed by atoms with Crippen molar-refractivity contribution >= 4 is 9.84 Å². The second-order valence-corrected chi connectivity index (χ2v) is 9.87. The predicted octanol–water partition coefficient (Wildman–Crippen LogP) is 4.38. The van der Waals surface area contributed by atoms with Gasteiger partial charge < -0.3 is 0 Å². The second kappa shape index (κ2) is 5.28. The summed E-state index contributed by atoms with van der Waals surface area (Å²) in [4.78, 5) is 0. The molecule has 0 N–H and O–H groups in total. The highest BCUT2D eigenvalue weighted by Crippen LogP contribution is 2.39. The number of hydrogen-bond acceptors (Lipinski definition) is 2. The van der Waals surface area contributed by atoms with E-state index in [9.17, 15) is 8.42 Å². The summed E-state index contributed by atoms with van der Waals surface area (Å²) in [6.07, 6.45) is 0.267. The third-order valence-electron chi connectivity index (χ3n) is 2.92. The zero-order valence-corrected chi connectivity index (χ0v) is 13.6. The van der Waals surface area contributed by atoms with Gasteiger partial charge in [0.15, 0.2) is 9.84 Å². The molecule has 0 spiro atoms. The molecule has 3 heteroatoms. The molecule has 0 saturated heterocycles. The van der Waals surface area contributed by atoms with Crippen LogP contribution in [-0.2, 0) is 9.84 Å². The topological polar surface area (TPSA) is 34.1 Å². The van der Waals surface area contributed by atoms with Gasteiger partial charge in [-0.3, -0.25) is 0 Å². The van der Waals surface area contributed by atoms with E-state index < -0.39 is 19.8 Å². The molecule has 1 atom stereocenters. The highest BCUT2D eigenvalue weighted by molar-refractivity contribution is 7.93. The van der Waals surface area contributed by atoms with Gasteiger partial charge in [0.1, 0.15) is 0 Å². The summed E-state index contributed by atoms with van der Waals surface area (Å²) in [6.45, 7) is 10.9. The van der Waals surface area contributed by atoms with E-state index in [-0.39, 0.29) is 11.8 Å². The lowest BCUT2D eigenvalue weighted by molar-refractivity contribution is 0.365. The highest BCUT2D eigenvalue weighted by atomic mass is 32.2. The number of benzene rings is 1. The standard InChI is InChI=1S/C16H26O2S/c1-15(2,3)12-14(13-10-8-7-9-11-13)19(17,18)16(4,5)6/h7-11,14H,12H2,1-6H3/t14-/m0/s1/i14D. The molecule has 0 saturated carbocycles. The lowest BCUT2D eigenvalue weighted by Crippen LogP contribution is -2.34. The second-order valence-electron chi connectivity index (χ2n) is 7.14. The molecule has 0 bridgehead atoms. The first-order valence-corrected chi connectivity index (χ1v) is 8.09. The maximum Gasteiger partial charge on any atom is 0.162 e. The Morgan fingerprint density at radius 3 is 1.89 bits per heavy atom. The van der Waals surface area contributed by atoms with Crippen LogP contribution in [-0.4, -0.2) is 13.2 Å². The van der Waals surface area contributed by atoms with E-state index in [1.54, 1.807) is 45.0 Å². The summed E-state index contributed by atoms with van der Waals surface area (Å²) in [5.41, 5.74) is 0.292. The monoisotopic (exact) mass is 283 g/mol. The van der Waals surface area contributed by atoms with E-state index in [0.717, 1.165) is 0 Å². The number of hydrogen-bond donors (Lipinski definition) is 0. The van der Waals surface area contributed by atoms with Gasteiger partial charge >= 0.3 is 0 Å². The van der Waals surface area contributed by atoms with Crippen LogP contribution in [0, 0.1) is 5.41 Å². The lowest BCUT2D eigenvalue weighted by Gasteiger charge is -2.31. The molecule has 0 heterocycles. The SMILES string of the molecule is [2H][C@](CC(C)(C)C)(c1ccccc1)S(=O)(=O)C(C)(C)C. The smallest absolute Gasteiger partial charge is 0.162 e. The number of sulfone groups is 1. The van der Waals surface area contributed by atoms with E-state index in [0.29, 0.717) is 5.56 Å². The summed E-state index contributed by atoms with van der Waals surface area (Å²) in [5, 5.41) is -1.62. The van der Waals surface area contributed by atoms with Crippen LogP contribution in [0.4, 0.5) is 0 Å². The molecule has 0 aliphatic heterocycles. The Morgan fingerprint density at radius 2 is 1.53 bits per heavy atom. The van der Waals surface area contributed by atoms with Gasteiger partial charge in [-0.2, -0.15) is 0 Å². The quantitative estimate of drug-likeness (QED) is 0.825. The Balaban J connectivity index is 3.53. The van der Waals surface area contributed by atoms with Crippen molar-refractivity contribution < 1.29 is 9.79 Å². The normalized spacial score (nSPS) is 17.7. The molecule has 108 valence electrons. The predicted molar refractivity (Wildman–Crippen MR) is 81.9 cm³/mol. The van der Waals surface area contributed by atoms with Crippen LogP contribution < -0.4 is 0 Å². The molecule has 0 unspecified atom stereocenters. The Labute approximate surface area is 119 Å². The van der Waals surface area contributed by atoms with E-state index in [2.05, 4.69) is 0 Å². The van der Waals surface area contributed by atoms with Crippen LogP contribution in [0.25, 0.3) is 0 Å². The minimum absolute atomic E-state index is 0.254. The largest absolute Gasteiger partial charge is 0.228 e. The van der Waals surface area contributed by atoms with Gasteiger partial charge in [-0.1, -0.05) is 51.1 Å². The Morgan fingerprint density at radius 1 is 1.05 bits per heavy atom. The summed E-state index contributed by atoms with van der Waals surface area (Å²) < 4.78 is 33.8. The summed E-state index contributed by atoms with van der Waals surface area (Å²) in [7, 11) is -3.66. The Bertz CT molecular complexity index is 550. The fourth-order valence-corrected chi connectivity index (χ4v) is 3.64. The molecule has 0 amide bonds. The van der Waals surface area contributed by atoms with Gasteiger partial charge in [-0.05, 0) is 38.2 Å². The van der Waals surface area contributed by atoms with E-state index in [1.807, 2.05) is 26.8 Å². The van der Waals surface area contributed by atoms with E-state index >= 15 is 0 Å². The summed E-state index contributed by atoms with van der Waals surface area (Å²) in [5.74, 6) is 0. The van der Waals surface area contributed by atoms with Gasteiger partial charge in [0, 0.05) is 0 Å². The van der Waals surface area contributed by atoms with Crippen molar-refractivity contribution in [3.8, 4) is 0 Å². The molecule has 1 aromatic carbocycles. The van der Waals surface area contributed by atoms with Crippen molar-refractivity contribution in [3.05, 3.63) is 35.9 Å². The maximum atomic E-state index is 13.0. The summed E-state index contributed by atoms with van der Waals surface area (Å²) in [6, 6.07) is 8.90. The van der Waals surface area contributed by atoms with Gasteiger partial charge in [0.25, 0.3) is 0 Å². The zero-order chi connectivity index (χ0) is 15.8. The average Bonchev–Trinajstić information content (AvgIpc) is 2.26. The average molecular weight is 283 g/mol. The molecule has 1 rings (SSSR count). The molecule has 2 nitrogen and oxygen atoms in total. The summed E-state index contributed by atoms with van der Waals surface area (Å²) >= 11 is 0. The third-order valence-corrected chi connectivity index (χ3v) is 5.56. The third kappa shape index (κ3) is 4.07. The highest BCUT2D eigenvalue weighted by Gasteiger charge is 2.39. The van der Waals surface area contributed by atoms with Crippen molar-refractivity contribution in [2.45, 2.75) is 57.9 Å². The van der Waals surface area contributed by atoms with Crippen LogP contribution in [0.1, 0.15) is 60.1 Å². The van der Waals surface area contributed by atoms with Crippen LogP contribution in [0.5, 0.6) is 0 Å². The first-order chi connectivity index (χ1) is 8.81. The molecule has 0 fully saturated rings. The first-order valence-electron chi connectivity index (χ1n) is 7.11. The minimum Gasteiger partial charge on any atom is -0.228 e.